The Labute approximate surface area is 135 Å². The lowest BCUT2D eigenvalue weighted by atomic mass is 10.0. The third kappa shape index (κ3) is 3.76. The van der Waals surface area contributed by atoms with Crippen molar-refractivity contribution in [1.29, 1.82) is 0 Å². The minimum absolute atomic E-state index is 0.0444. The zero-order chi connectivity index (χ0) is 15.6. The minimum atomic E-state index is -0.451. The molecular formula is C17H18Cl2FN. The summed E-state index contributed by atoms with van der Waals surface area (Å²) in [7, 11) is 0. The summed E-state index contributed by atoms with van der Waals surface area (Å²) in [4.78, 5) is 0. The Hall–Kier alpha value is -1.09. The Bertz CT molecular complexity index is 643. The Morgan fingerprint density at radius 1 is 0.952 bits per heavy atom. The molecule has 0 fully saturated rings. The van der Waals surface area contributed by atoms with Crippen LogP contribution in [0.2, 0.25) is 10.0 Å². The number of aryl methyl sites for hydroxylation is 1. The second-order valence-corrected chi connectivity index (χ2v) is 6.07. The van der Waals surface area contributed by atoms with Crippen LogP contribution in [0.4, 0.5) is 4.39 Å². The highest BCUT2D eigenvalue weighted by Crippen LogP contribution is 2.30. The van der Waals surface area contributed by atoms with Gasteiger partial charge in [-0.1, -0.05) is 47.5 Å². The first-order valence-corrected chi connectivity index (χ1v) is 7.61. The Morgan fingerprint density at radius 2 is 1.57 bits per heavy atom. The summed E-state index contributed by atoms with van der Waals surface area (Å²) in [5, 5.41) is 3.96. The van der Waals surface area contributed by atoms with Gasteiger partial charge >= 0.3 is 0 Å². The molecule has 0 aliphatic rings. The van der Waals surface area contributed by atoms with Crippen molar-refractivity contribution in [3.05, 3.63) is 69.0 Å². The van der Waals surface area contributed by atoms with Gasteiger partial charge in [0.2, 0.25) is 0 Å². The van der Waals surface area contributed by atoms with Crippen LogP contribution in [0.5, 0.6) is 0 Å². The van der Waals surface area contributed by atoms with E-state index in [1.54, 1.807) is 0 Å². The number of halogens is 3. The summed E-state index contributed by atoms with van der Waals surface area (Å²) in [6.07, 6.45) is 0. The maximum atomic E-state index is 13.6. The Kier molecular flexibility index (Phi) is 5.26. The van der Waals surface area contributed by atoms with E-state index < -0.39 is 5.82 Å². The van der Waals surface area contributed by atoms with E-state index in [9.17, 15) is 4.39 Å². The summed E-state index contributed by atoms with van der Waals surface area (Å²) in [6.45, 7) is 6.12. The molecule has 2 rings (SSSR count). The number of benzene rings is 2. The largest absolute Gasteiger partial charge is 0.304 e. The van der Waals surface area contributed by atoms with Crippen LogP contribution in [0.15, 0.2) is 36.4 Å². The average Bonchev–Trinajstić information content (AvgIpc) is 2.43. The summed E-state index contributed by atoms with van der Waals surface area (Å²) >= 11 is 11.9. The normalized spacial score (nSPS) is 14.0. The first-order valence-electron chi connectivity index (χ1n) is 6.86. The molecule has 1 nitrogen and oxygen atoms in total. The molecule has 0 aromatic heterocycles. The number of hydrogen-bond acceptors (Lipinski definition) is 1. The Morgan fingerprint density at radius 3 is 2.24 bits per heavy atom. The third-order valence-corrected chi connectivity index (χ3v) is 4.28. The van der Waals surface area contributed by atoms with E-state index >= 15 is 0 Å². The maximum absolute atomic E-state index is 13.6. The molecule has 112 valence electrons. The van der Waals surface area contributed by atoms with Gasteiger partial charge in [0.15, 0.2) is 0 Å². The maximum Gasteiger partial charge on any atom is 0.142 e. The predicted molar refractivity (Wildman–Crippen MR) is 87.6 cm³/mol. The van der Waals surface area contributed by atoms with Crippen LogP contribution in [0.3, 0.4) is 0 Å². The van der Waals surface area contributed by atoms with Crippen molar-refractivity contribution < 1.29 is 4.39 Å². The molecule has 0 bridgehead atoms. The lowest BCUT2D eigenvalue weighted by Gasteiger charge is -2.23. The highest BCUT2D eigenvalue weighted by atomic mass is 35.5. The Balaban J connectivity index is 2.20. The molecule has 2 atom stereocenters. The van der Waals surface area contributed by atoms with Gasteiger partial charge in [-0.2, -0.15) is 0 Å². The molecule has 1 unspecified atom stereocenters. The van der Waals surface area contributed by atoms with Gasteiger partial charge in [0, 0.05) is 17.1 Å². The predicted octanol–water partition coefficient (Wildman–Crippen LogP) is 5.85. The van der Waals surface area contributed by atoms with Gasteiger partial charge in [-0.25, -0.2) is 4.39 Å². The first-order chi connectivity index (χ1) is 9.90. The summed E-state index contributed by atoms with van der Waals surface area (Å²) in [6, 6.07) is 11.1. The van der Waals surface area contributed by atoms with Crippen LogP contribution >= 0.6 is 23.2 Å². The molecular weight excluding hydrogens is 308 g/mol. The molecule has 2 aromatic carbocycles. The van der Waals surface area contributed by atoms with E-state index in [2.05, 4.69) is 31.3 Å². The van der Waals surface area contributed by atoms with E-state index in [0.717, 1.165) is 0 Å². The SMILES string of the molecule is Cc1ccccc1[C@@H](C)NC(C)c1cc(F)c(Cl)cc1Cl. The number of rotatable bonds is 4. The molecule has 2 aromatic rings. The van der Waals surface area contributed by atoms with Gasteiger partial charge in [0.25, 0.3) is 0 Å². The van der Waals surface area contributed by atoms with Crippen LogP contribution in [-0.4, -0.2) is 0 Å². The van der Waals surface area contributed by atoms with Crippen molar-refractivity contribution in [2.75, 3.05) is 0 Å². The molecule has 0 aliphatic heterocycles. The van der Waals surface area contributed by atoms with E-state index in [0.29, 0.717) is 10.6 Å². The van der Waals surface area contributed by atoms with Gasteiger partial charge in [-0.05, 0) is 49.6 Å². The summed E-state index contributed by atoms with van der Waals surface area (Å²) in [5.41, 5.74) is 3.15. The molecule has 21 heavy (non-hydrogen) atoms. The summed E-state index contributed by atoms with van der Waals surface area (Å²) in [5.74, 6) is -0.451. The van der Waals surface area contributed by atoms with Crippen molar-refractivity contribution in [1.82, 2.24) is 5.32 Å². The lowest BCUT2D eigenvalue weighted by Crippen LogP contribution is -2.23. The van der Waals surface area contributed by atoms with Crippen molar-refractivity contribution in [3.8, 4) is 0 Å². The van der Waals surface area contributed by atoms with E-state index in [1.807, 2.05) is 19.1 Å². The fourth-order valence-electron chi connectivity index (χ4n) is 2.50. The van der Waals surface area contributed by atoms with Gasteiger partial charge in [-0.15, -0.1) is 0 Å². The third-order valence-electron chi connectivity index (χ3n) is 3.66. The van der Waals surface area contributed by atoms with E-state index in [4.69, 9.17) is 23.2 Å². The van der Waals surface area contributed by atoms with Gasteiger partial charge in [0.05, 0.1) is 5.02 Å². The average molecular weight is 326 g/mol. The molecule has 0 amide bonds. The number of nitrogens with one attached hydrogen (secondary N) is 1. The van der Waals surface area contributed by atoms with Crippen molar-refractivity contribution >= 4 is 23.2 Å². The molecule has 0 spiro atoms. The fraction of sp³-hybridized carbons (Fsp3) is 0.294. The monoisotopic (exact) mass is 325 g/mol. The zero-order valence-electron chi connectivity index (χ0n) is 12.3. The van der Waals surface area contributed by atoms with Gasteiger partial charge in [0.1, 0.15) is 5.82 Å². The zero-order valence-corrected chi connectivity index (χ0v) is 13.8. The topological polar surface area (TPSA) is 12.0 Å². The molecule has 0 radical (unpaired) electrons. The highest BCUT2D eigenvalue weighted by Gasteiger charge is 2.16. The van der Waals surface area contributed by atoms with Crippen LogP contribution < -0.4 is 5.32 Å². The van der Waals surface area contributed by atoms with Crippen LogP contribution in [-0.2, 0) is 0 Å². The first kappa shape index (κ1) is 16.3. The second-order valence-electron chi connectivity index (χ2n) is 5.25. The van der Waals surface area contributed by atoms with Crippen molar-refractivity contribution in [2.45, 2.75) is 32.9 Å². The van der Waals surface area contributed by atoms with Gasteiger partial charge < -0.3 is 5.32 Å². The smallest absolute Gasteiger partial charge is 0.142 e. The molecule has 0 aliphatic carbocycles. The standard InChI is InChI=1S/C17H18Cl2FN/c1-10-6-4-5-7-13(10)11(2)21-12(3)14-8-17(20)16(19)9-15(14)18/h4-9,11-12,21H,1-3H3/t11-,12?/m1/s1. The second kappa shape index (κ2) is 6.78. The molecule has 0 saturated heterocycles. The summed E-state index contributed by atoms with van der Waals surface area (Å²) < 4.78 is 13.6. The molecule has 0 saturated carbocycles. The van der Waals surface area contributed by atoms with Crippen LogP contribution in [0, 0.1) is 12.7 Å². The molecule has 0 heterocycles. The van der Waals surface area contributed by atoms with Crippen LogP contribution in [0.25, 0.3) is 0 Å². The highest BCUT2D eigenvalue weighted by molar-refractivity contribution is 6.35. The van der Waals surface area contributed by atoms with Crippen molar-refractivity contribution in [2.24, 2.45) is 0 Å². The lowest BCUT2D eigenvalue weighted by molar-refractivity contribution is 0.490. The van der Waals surface area contributed by atoms with Crippen molar-refractivity contribution in [3.63, 3.8) is 0 Å². The quantitative estimate of drug-likeness (QED) is 0.695. The molecule has 4 heteroatoms. The van der Waals surface area contributed by atoms with Gasteiger partial charge in [-0.3, -0.25) is 0 Å². The number of hydrogen-bond donors (Lipinski definition) is 1. The minimum Gasteiger partial charge on any atom is -0.304 e. The van der Waals surface area contributed by atoms with E-state index in [1.165, 1.54) is 23.3 Å². The van der Waals surface area contributed by atoms with E-state index in [-0.39, 0.29) is 17.1 Å². The molecule has 1 N–H and O–H groups in total. The fourth-order valence-corrected chi connectivity index (χ4v) is 3.04. The van der Waals surface area contributed by atoms with Crippen LogP contribution in [0.1, 0.15) is 42.6 Å².